The van der Waals surface area contributed by atoms with Crippen LogP contribution in [0.3, 0.4) is 0 Å². The first kappa shape index (κ1) is 15.0. The average molecular weight is 387 g/mol. The van der Waals surface area contributed by atoms with Crippen LogP contribution < -0.4 is 10.0 Å². The van der Waals surface area contributed by atoms with Gasteiger partial charge in [-0.25, -0.2) is 8.42 Å². The Bertz CT molecular complexity index is 722. The summed E-state index contributed by atoms with van der Waals surface area (Å²) in [5.74, 6) is 0. The van der Waals surface area contributed by atoms with E-state index >= 15 is 0 Å². The molecule has 0 aliphatic heterocycles. The lowest BCUT2D eigenvalue weighted by atomic mass is 10.3. The van der Waals surface area contributed by atoms with Gasteiger partial charge in [-0.1, -0.05) is 15.9 Å². The van der Waals surface area contributed by atoms with Gasteiger partial charge in [-0.2, -0.15) is 0 Å². The quantitative estimate of drug-likeness (QED) is 0.797. The van der Waals surface area contributed by atoms with Crippen molar-refractivity contribution in [2.24, 2.45) is 0 Å². The second-order valence-corrected chi connectivity index (χ2v) is 8.98. The number of rotatable bonds is 6. The zero-order valence-electron chi connectivity index (χ0n) is 11.2. The molecule has 1 saturated carbocycles. The molecule has 1 aromatic carbocycles. The fourth-order valence-corrected chi connectivity index (χ4v) is 4.48. The van der Waals surface area contributed by atoms with Crippen LogP contribution in [-0.4, -0.2) is 14.5 Å². The van der Waals surface area contributed by atoms with Crippen molar-refractivity contribution in [3.05, 3.63) is 45.7 Å². The van der Waals surface area contributed by atoms with Gasteiger partial charge in [0.1, 0.15) is 4.21 Å². The van der Waals surface area contributed by atoms with Crippen LogP contribution in [0, 0.1) is 0 Å². The predicted octanol–water partition coefficient (Wildman–Crippen LogP) is 3.56. The Labute approximate surface area is 136 Å². The first-order valence-corrected chi connectivity index (χ1v) is 9.73. The van der Waals surface area contributed by atoms with Gasteiger partial charge >= 0.3 is 0 Å². The summed E-state index contributed by atoms with van der Waals surface area (Å²) < 4.78 is 28.5. The van der Waals surface area contributed by atoms with Gasteiger partial charge < -0.3 is 5.32 Å². The second kappa shape index (κ2) is 6.08. The van der Waals surface area contributed by atoms with E-state index in [-0.39, 0.29) is 0 Å². The third-order valence-electron chi connectivity index (χ3n) is 3.14. The maximum Gasteiger partial charge on any atom is 0.271 e. The molecule has 1 aromatic heterocycles. The second-order valence-electron chi connectivity index (χ2n) is 4.99. The Morgan fingerprint density at radius 2 is 1.86 bits per heavy atom. The van der Waals surface area contributed by atoms with Crippen LogP contribution in [0.1, 0.15) is 17.7 Å². The molecule has 21 heavy (non-hydrogen) atoms. The molecule has 0 unspecified atom stereocenters. The number of hydrogen-bond acceptors (Lipinski definition) is 4. The molecule has 1 heterocycles. The van der Waals surface area contributed by atoms with Crippen molar-refractivity contribution in [2.75, 3.05) is 4.72 Å². The molecule has 7 heteroatoms. The first-order chi connectivity index (χ1) is 10.0. The van der Waals surface area contributed by atoms with Gasteiger partial charge in [-0.3, -0.25) is 4.72 Å². The van der Waals surface area contributed by atoms with E-state index in [1.54, 1.807) is 30.3 Å². The molecule has 4 nitrogen and oxygen atoms in total. The highest BCUT2D eigenvalue weighted by molar-refractivity contribution is 9.10. The van der Waals surface area contributed by atoms with Crippen molar-refractivity contribution < 1.29 is 8.42 Å². The molecular formula is C14H15BrN2O2S2. The number of halogens is 1. The highest BCUT2D eigenvalue weighted by Gasteiger charge is 2.21. The summed E-state index contributed by atoms with van der Waals surface area (Å²) in [7, 11) is -3.50. The summed E-state index contributed by atoms with van der Waals surface area (Å²) in [5, 5.41) is 3.38. The van der Waals surface area contributed by atoms with Crippen LogP contribution in [-0.2, 0) is 16.6 Å². The van der Waals surface area contributed by atoms with Crippen molar-refractivity contribution in [3.63, 3.8) is 0 Å². The van der Waals surface area contributed by atoms with Crippen LogP contribution in [0.25, 0.3) is 0 Å². The van der Waals surface area contributed by atoms with Gasteiger partial charge in [0, 0.05) is 27.6 Å². The Kier molecular flexibility index (Phi) is 4.35. The number of hydrogen-bond donors (Lipinski definition) is 2. The maximum absolute atomic E-state index is 12.3. The molecule has 0 saturated heterocycles. The number of nitrogens with one attached hydrogen (secondary N) is 2. The van der Waals surface area contributed by atoms with Crippen LogP contribution >= 0.6 is 27.3 Å². The smallest absolute Gasteiger partial charge is 0.271 e. The van der Waals surface area contributed by atoms with E-state index < -0.39 is 10.0 Å². The Balaban J connectivity index is 1.69. The number of thiophene rings is 1. The molecule has 0 spiro atoms. The van der Waals surface area contributed by atoms with Gasteiger partial charge in [-0.05, 0) is 49.2 Å². The van der Waals surface area contributed by atoms with Gasteiger partial charge in [0.2, 0.25) is 0 Å². The van der Waals surface area contributed by atoms with Crippen LogP contribution in [0.4, 0.5) is 5.69 Å². The fraction of sp³-hybridized carbons (Fsp3) is 0.286. The summed E-state index contributed by atoms with van der Waals surface area (Å²) in [6.45, 7) is 0.739. The monoisotopic (exact) mass is 386 g/mol. The van der Waals surface area contributed by atoms with Gasteiger partial charge in [0.15, 0.2) is 0 Å². The molecule has 0 amide bonds. The number of benzene rings is 1. The Morgan fingerprint density at radius 1 is 1.14 bits per heavy atom. The highest BCUT2D eigenvalue weighted by atomic mass is 79.9. The topological polar surface area (TPSA) is 58.2 Å². The molecular weight excluding hydrogens is 372 g/mol. The SMILES string of the molecule is O=S(=O)(Nc1ccc(Br)cc1)c1ccc(CNC2CC2)s1. The van der Waals surface area contributed by atoms with E-state index in [2.05, 4.69) is 26.0 Å². The number of sulfonamides is 1. The summed E-state index contributed by atoms with van der Waals surface area (Å²) in [6.07, 6.45) is 2.45. The first-order valence-electron chi connectivity index (χ1n) is 6.63. The average Bonchev–Trinajstić information content (AvgIpc) is 3.15. The van der Waals surface area contributed by atoms with E-state index in [9.17, 15) is 8.42 Å². The molecule has 2 aromatic rings. The summed E-state index contributed by atoms with van der Waals surface area (Å²) in [5.41, 5.74) is 0.559. The molecule has 0 radical (unpaired) electrons. The lowest BCUT2D eigenvalue weighted by Crippen LogP contribution is -2.14. The molecule has 1 aliphatic rings. The Hall–Kier alpha value is -0.890. The van der Waals surface area contributed by atoms with E-state index in [1.165, 1.54) is 24.2 Å². The van der Waals surface area contributed by atoms with E-state index in [0.29, 0.717) is 15.9 Å². The van der Waals surface area contributed by atoms with Gasteiger partial charge in [0.05, 0.1) is 0 Å². The van der Waals surface area contributed by atoms with Gasteiger partial charge in [-0.15, -0.1) is 11.3 Å². The van der Waals surface area contributed by atoms with E-state index in [4.69, 9.17) is 0 Å². The van der Waals surface area contributed by atoms with Gasteiger partial charge in [0.25, 0.3) is 10.0 Å². The molecule has 0 atom stereocenters. The molecule has 0 bridgehead atoms. The van der Waals surface area contributed by atoms with E-state index in [0.717, 1.165) is 15.9 Å². The normalized spacial score (nSPS) is 15.1. The van der Waals surface area contributed by atoms with Crippen molar-refractivity contribution in [1.29, 1.82) is 0 Å². The molecule has 1 aliphatic carbocycles. The largest absolute Gasteiger partial charge is 0.309 e. The lowest BCUT2D eigenvalue weighted by molar-refractivity contribution is 0.603. The Morgan fingerprint density at radius 3 is 2.52 bits per heavy atom. The van der Waals surface area contributed by atoms with Crippen molar-refractivity contribution in [1.82, 2.24) is 5.32 Å². The van der Waals surface area contributed by atoms with Crippen LogP contribution in [0.15, 0.2) is 45.1 Å². The fourth-order valence-electron chi connectivity index (χ4n) is 1.85. The highest BCUT2D eigenvalue weighted by Crippen LogP contribution is 2.26. The molecule has 2 N–H and O–H groups in total. The summed E-state index contributed by atoms with van der Waals surface area (Å²) in [6, 6.07) is 11.2. The zero-order chi connectivity index (χ0) is 14.9. The summed E-state index contributed by atoms with van der Waals surface area (Å²) >= 11 is 4.63. The minimum Gasteiger partial charge on any atom is -0.309 e. The van der Waals surface area contributed by atoms with Crippen molar-refractivity contribution >= 4 is 43.0 Å². The third kappa shape index (κ3) is 4.06. The van der Waals surface area contributed by atoms with Crippen LogP contribution in [0.2, 0.25) is 0 Å². The zero-order valence-corrected chi connectivity index (χ0v) is 14.4. The maximum atomic E-state index is 12.3. The summed E-state index contributed by atoms with van der Waals surface area (Å²) in [4.78, 5) is 1.04. The lowest BCUT2D eigenvalue weighted by Gasteiger charge is -2.06. The van der Waals surface area contributed by atoms with E-state index in [1.807, 2.05) is 6.07 Å². The molecule has 112 valence electrons. The minimum absolute atomic E-state index is 0.345. The minimum atomic E-state index is -3.50. The number of anilines is 1. The van der Waals surface area contributed by atoms with Crippen molar-refractivity contribution in [3.8, 4) is 0 Å². The molecule has 3 rings (SSSR count). The standard InChI is InChI=1S/C14H15BrN2O2S2/c15-10-1-3-12(4-2-10)17-21(18,19)14-8-7-13(20-14)9-16-11-5-6-11/h1-4,7-8,11,16-17H,5-6,9H2. The van der Waals surface area contributed by atoms with Crippen LogP contribution in [0.5, 0.6) is 0 Å². The predicted molar refractivity (Wildman–Crippen MR) is 89.1 cm³/mol. The van der Waals surface area contributed by atoms with Crippen molar-refractivity contribution in [2.45, 2.75) is 29.6 Å². The third-order valence-corrected chi connectivity index (χ3v) is 6.63. The molecule has 1 fully saturated rings.